The van der Waals surface area contributed by atoms with Gasteiger partial charge < -0.3 is 20.1 Å². The summed E-state index contributed by atoms with van der Waals surface area (Å²) in [6.45, 7) is 3.20. The van der Waals surface area contributed by atoms with Gasteiger partial charge in [-0.3, -0.25) is 4.79 Å². The van der Waals surface area contributed by atoms with Gasteiger partial charge in [0.2, 0.25) is 5.91 Å². The second-order valence-electron chi connectivity index (χ2n) is 6.54. The van der Waals surface area contributed by atoms with Crippen molar-refractivity contribution in [3.8, 4) is 5.75 Å². The fraction of sp³-hybridized carbons (Fsp3) is 0.350. The number of methoxy groups -OCH3 is 1. The summed E-state index contributed by atoms with van der Waals surface area (Å²) >= 11 is 0. The van der Waals surface area contributed by atoms with Gasteiger partial charge in [0.15, 0.2) is 0 Å². The van der Waals surface area contributed by atoms with Crippen molar-refractivity contribution in [1.82, 2.24) is 0 Å². The first-order valence-electron chi connectivity index (χ1n) is 8.56. The minimum absolute atomic E-state index is 0.137. The average Bonchev–Trinajstić information content (AvgIpc) is 3.10. The van der Waals surface area contributed by atoms with Crippen molar-refractivity contribution >= 4 is 17.3 Å². The maximum absolute atomic E-state index is 13.7. The summed E-state index contributed by atoms with van der Waals surface area (Å²) in [7, 11) is 1.60. The first kappa shape index (κ1) is 18.2. The quantitative estimate of drug-likeness (QED) is 0.829. The van der Waals surface area contributed by atoms with E-state index in [1.165, 1.54) is 13.0 Å². The molecule has 1 saturated heterocycles. The summed E-state index contributed by atoms with van der Waals surface area (Å²) in [5.74, 6) is 0.285. The number of halogens is 1. The first-order chi connectivity index (χ1) is 12.5. The van der Waals surface area contributed by atoms with E-state index in [-0.39, 0.29) is 17.1 Å². The average molecular weight is 358 g/mol. The fourth-order valence-electron chi connectivity index (χ4n) is 3.29. The summed E-state index contributed by atoms with van der Waals surface area (Å²) in [6.07, 6.45) is 0.803. The van der Waals surface area contributed by atoms with Crippen molar-refractivity contribution in [2.45, 2.75) is 18.8 Å². The zero-order valence-electron chi connectivity index (χ0n) is 15.0. The van der Waals surface area contributed by atoms with Crippen LogP contribution in [0.1, 0.15) is 18.9 Å². The van der Waals surface area contributed by atoms with Crippen LogP contribution in [0, 0.1) is 5.82 Å². The van der Waals surface area contributed by atoms with Crippen LogP contribution in [0.15, 0.2) is 42.5 Å². The van der Waals surface area contributed by atoms with Crippen LogP contribution in [0.3, 0.4) is 0 Å². The van der Waals surface area contributed by atoms with Gasteiger partial charge in [-0.2, -0.15) is 0 Å². The summed E-state index contributed by atoms with van der Waals surface area (Å²) in [6, 6.07) is 12.1. The lowest BCUT2D eigenvalue weighted by Crippen LogP contribution is -2.35. The minimum Gasteiger partial charge on any atom is -0.495 e. The molecule has 6 heteroatoms. The van der Waals surface area contributed by atoms with Crippen LogP contribution in [-0.4, -0.2) is 32.8 Å². The number of benzene rings is 2. The number of rotatable bonds is 6. The molecule has 1 heterocycles. The topological polar surface area (TPSA) is 59.6 Å². The van der Waals surface area contributed by atoms with Crippen LogP contribution in [-0.2, 0) is 14.9 Å². The normalized spacial score (nSPS) is 19.2. The van der Waals surface area contributed by atoms with Gasteiger partial charge in [-0.1, -0.05) is 12.1 Å². The standard InChI is InChI=1S/C20H23FN2O3/c1-14(24)23-17-6-7-19(25-2)18(11-17)22-12-20(8-9-26-13-20)15-4-3-5-16(21)10-15/h3-7,10-11,22H,8-9,12-13H2,1-2H3,(H,23,24). The second kappa shape index (κ2) is 7.74. The van der Waals surface area contributed by atoms with Crippen molar-refractivity contribution in [2.24, 2.45) is 0 Å². The van der Waals surface area contributed by atoms with Gasteiger partial charge in [0.25, 0.3) is 0 Å². The predicted octanol–water partition coefficient (Wildman–Crippen LogP) is 3.56. The molecule has 1 aliphatic rings. The number of nitrogens with one attached hydrogen (secondary N) is 2. The second-order valence-corrected chi connectivity index (χ2v) is 6.54. The van der Waals surface area contributed by atoms with Crippen molar-refractivity contribution in [2.75, 3.05) is 37.5 Å². The Balaban J connectivity index is 1.84. The van der Waals surface area contributed by atoms with Gasteiger partial charge in [-0.15, -0.1) is 0 Å². The first-order valence-corrected chi connectivity index (χ1v) is 8.56. The third-order valence-electron chi connectivity index (χ3n) is 4.68. The van der Waals surface area contributed by atoms with Crippen molar-refractivity contribution in [1.29, 1.82) is 0 Å². The van der Waals surface area contributed by atoms with Gasteiger partial charge in [0.1, 0.15) is 11.6 Å². The molecule has 1 fully saturated rings. The predicted molar refractivity (Wildman–Crippen MR) is 99.3 cm³/mol. The minimum atomic E-state index is -0.308. The molecule has 3 rings (SSSR count). The lowest BCUT2D eigenvalue weighted by molar-refractivity contribution is -0.114. The molecule has 1 atom stereocenters. The lowest BCUT2D eigenvalue weighted by Gasteiger charge is -2.29. The Hall–Kier alpha value is -2.60. The molecule has 1 unspecified atom stereocenters. The van der Waals surface area contributed by atoms with E-state index in [1.807, 2.05) is 12.1 Å². The number of anilines is 2. The molecule has 0 radical (unpaired) electrons. The molecule has 1 aliphatic heterocycles. The van der Waals surface area contributed by atoms with Gasteiger partial charge in [-0.05, 0) is 42.3 Å². The Morgan fingerprint density at radius 2 is 2.15 bits per heavy atom. The Kier molecular flexibility index (Phi) is 5.42. The molecule has 5 nitrogen and oxygen atoms in total. The molecular formula is C20H23FN2O3. The molecular weight excluding hydrogens is 335 g/mol. The van der Waals surface area contributed by atoms with Gasteiger partial charge >= 0.3 is 0 Å². The van der Waals surface area contributed by atoms with E-state index >= 15 is 0 Å². The summed E-state index contributed by atoms with van der Waals surface area (Å²) in [4.78, 5) is 11.3. The maximum Gasteiger partial charge on any atom is 0.221 e. The van der Waals surface area contributed by atoms with Crippen LogP contribution >= 0.6 is 0 Å². The van der Waals surface area contributed by atoms with E-state index in [1.54, 1.807) is 31.4 Å². The van der Waals surface area contributed by atoms with Crippen molar-refractivity contribution in [3.05, 3.63) is 53.8 Å². The van der Waals surface area contributed by atoms with Gasteiger partial charge in [0, 0.05) is 31.2 Å². The molecule has 2 aromatic rings. The molecule has 1 amide bonds. The molecule has 0 spiro atoms. The van der Waals surface area contributed by atoms with E-state index in [4.69, 9.17) is 9.47 Å². The highest BCUT2D eigenvalue weighted by molar-refractivity contribution is 5.89. The third-order valence-corrected chi connectivity index (χ3v) is 4.68. The van der Waals surface area contributed by atoms with Crippen LogP contribution in [0.25, 0.3) is 0 Å². The smallest absolute Gasteiger partial charge is 0.221 e. The highest BCUT2D eigenvalue weighted by Crippen LogP contribution is 2.35. The van der Waals surface area contributed by atoms with E-state index in [2.05, 4.69) is 10.6 Å². The molecule has 26 heavy (non-hydrogen) atoms. The third kappa shape index (κ3) is 3.96. The highest BCUT2D eigenvalue weighted by atomic mass is 19.1. The Labute approximate surface area is 152 Å². The molecule has 2 aromatic carbocycles. The fourth-order valence-corrected chi connectivity index (χ4v) is 3.29. The van der Waals surface area contributed by atoms with Crippen LogP contribution in [0.2, 0.25) is 0 Å². The van der Waals surface area contributed by atoms with Crippen molar-refractivity contribution < 1.29 is 18.7 Å². The molecule has 138 valence electrons. The maximum atomic E-state index is 13.7. The van der Waals surface area contributed by atoms with Crippen LogP contribution < -0.4 is 15.4 Å². The Bertz CT molecular complexity index is 788. The molecule has 2 N–H and O–H groups in total. The number of hydrogen-bond donors (Lipinski definition) is 2. The summed E-state index contributed by atoms with van der Waals surface area (Å²) in [5.41, 5.74) is 2.06. The SMILES string of the molecule is COc1ccc(NC(C)=O)cc1NCC1(c2cccc(F)c2)CCOC1. The highest BCUT2D eigenvalue weighted by Gasteiger charge is 2.37. The summed E-state index contributed by atoms with van der Waals surface area (Å²) in [5, 5.41) is 6.16. The number of hydrogen-bond acceptors (Lipinski definition) is 4. The largest absolute Gasteiger partial charge is 0.495 e. The molecule has 0 saturated carbocycles. The van der Waals surface area contributed by atoms with Crippen molar-refractivity contribution in [3.63, 3.8) is 0 Å². The van der Waals surface area contributed by atoms with E-state index < -0.39 is 0 Å². The monoisotopic (exact) mass is 358 g/mol. The molecule has 0 aliphatic carbocycles. The van der Waals surface area contributed by atoms with Gasteiger partial charge in [-0.25, -0.2) is 4.39 Å². The van der Waals surface area contributed by atoms with E-state index in [0.29, 0.717) is 31.2 Å². The zero-order chi connectivity index (χ0) is 18.6. The Morgan fingerprint density at radius 1 is 1.31 bits per heavy atom. The number of ether oxygens (including phenoxy) is 2. The Morgan fingerprint density at radius 3 is 2.81 bits per heavy atom. The van der Waals surface area contributed by atoms with E-state index in [0.717, 1.165) is 17.7 Å². The van der Waals surface area contributed by atoms with Gasteiger partial charge in [0.05, 0.1) is 19.4 Å². The lowest BCUT2D eigenvalue weighted by atomic mass is 9.79. The van der Waals surface area contributed by atoms with Crippen LogP contribution in [0.5, 0.6) is 5.75 Å². The zero-order valence-corrected chi connectivity index (χ0v) is 15.0. The van der Waals surface area contributed by atoms with E-state index in [9.17, 15) is 9.18 Å². The number of amides is 1. The molecule has 0 bridgehead atoms. The molecule has 0 aromatic heterocycles. The number of carbonyl (C=O) groups is 1. The number of carbonyl (C=O) groups excluding carboxylic acids is 1. The van der Waals surface area contributed by atoms with Crippen LogP contribution in [0.4, 0.5) is 15.8 Å². The summed E-state index contributed by atoms with van der Waals surface area (Å²) < 4.78 is 24.8.